The highest BCUT2D eigenvalue weighted by Crippen LogP contribution is 2.19. The second-order valence-electron chi connectivity index (χ2n) is 2.93. The number of aliphatic hydroxyl groups excluding tert-OH is 1. The van der Waals surface area contributed by atoms with Gasteiger partial charge in [0.2, 0.25) is 0 Å². The van der Waals surface area contributed by atoms with E-state index in [1.807, 2.05) is 25.5 Å². The maximum atomic E-state index is 9.57. The first-order valence-corrected chi connectivity index (χ1v) is 4.41. The molecule has 0 aliphatic carbocycles. The topological polar surface area (TPSA) is 38.1 Å². The van der Waals surface area contributed by atoms with Crippen molar-refractivity contribution in [2.24, 2.45) is 0 Å². The number of aromatic nitrogens is 2. The first-order chi connectivity index (χ1) is 5.70. The predicted octanol–water partition coefficient (Wildman–Crippen LogP) is 1.65. The number of aryl methyl sites for hydroxylation is 1. The number of hydrogen-bond acceptors (Lipinski definition) is 2. The van der Waals surface area contributed by atoms with Crippen LogP contribution in [-0.4, -0.2) is 14.9 Å². The maximum Gasteiger partial charge on any atom is 0.0820 e. The molecule has 3 heteroatoms. The minimum absolute atomic E-state index is 0.356. The van der Waals surface area contributed by atoms with Crippen LogP contribution in [0.5, 0.6) is 0 Å². The zero-order valence-corrected chi connectivity index (χ0v) is 7.91. The fourth-order valence-corrected chi connectivity index (χ4v) is 1.33. The number of rotatable bonds is 3. The highest BCUT2D eigenvalue weighted by molar-refractivity contribution is 5.18. The summed E-state index contributed by atoms with van der Waals surface area (Å²) in [5.74, 6) is 0. The van der Waals surface area contributed by atoms with Gasteiger partial charge >= 0.3 is 0 Å². The van der Waals surface area contributed by atoms with E-state index < -0.39 is 0 Å². The minimum atomic E-state index is -0.356. The van der Waals surface area contributed by atoms with Gasteiger partial charge in [0.05, 0.1) is 12.3 Å². The lowest BCUT2D eigenvalue weighted by molar-refractivity contribution is 0.173. The van der Waals surface area contributed by atoms with Crippen LogP contribution < -0.4 is 0 Å². The molecule has 0 saturated heterocycles. The molecule has 3 nitrogen and oxygen atoms in total. The maximum absolute atomic E-state index is 9.57. The molecule has 0 radical (unpaired) electrons. The largest absolute Gasteiger partial charge is 0.388 e. The van der Waals surface area contributed by atoms with Crippen LogP contribution in [0, 0.1) is 6.92 Å². The Morgan fingerprint density at radius 2 is 2.25 bits per heavy atom. The van der Waals surface area contributed by atoms with E-state index in [-0.39, 0.29) is 6.10 Å². The van der Waals surface area contributed by atoms with Crippen LogP contribution >= 0.6 is 0 Å². The Hall–Kier alpha value is -0.830. The van der Waals surface area contributed by atoms with Crippen LogP contribution in [0.2, 0.25) is 0 Å². The Morgan fingerprint density at radius 3 is 2.67 bits per heavy atom. The van der Waals surface area contributed by atoms with E-state index in [1.165, 1.54) is 0 Å². The van der Waals surface area contributed by atoms with E-state index >= 15 is 0 Å². The van der Waals surface area contributed by atoms with Crippen LogP contribution in [0.25, 0.3) is 0 Å². The van der Waals surface area contributed by atoms with Gasteiger partial charge in [-0.3, -0.25) is 4.68 Å². The minimum Gasteiger partial charge on any atom is -0.388 e. The second-order valence-corrected chi connectivity index (χ2v) is 2.93. The summed E-state index contributed by atoms with van der Waals surface area (Å²) in [5, 5.41) is 13.7. The van der Waals surface area contributed by atoms with Crippen molar-refractivity contribution in [3.63, 3.8) is 0 Å². The quantitative estimate of drug-likeness (QED) is 0.745. The Kier molecular flexibility index (Phi) is 2.87. The Labute approximate surface area is 73.0 Å². The third-order valence-corrected chi connectivity index (χ3v) is 2.19. The van der Waals surface area contributed by atoms with Gasteiger partial charge in [0.25, 0.3) is 0 Å². The summed E-state index contributed by atoms with van der Waals surface area (Å²) in [7, 11) is 0. The molecule has 1 aromatic heterocycles. The molecular formula is C9H16N2O. The average molecular weight is 168 g/mol. The predicted molar refractivity (Wildman–Crippen MR) is 47.9 cm³/mol. The lowest BCUT2D eigenvalue weighted by Crippen LogP contribution is -2.01. The second kappa shape index (κ2) is 3.72. The van der Waals surface area contributed by atoms with Crippen LogP contribution in [0.3, 0.4) is 0 Å². The van der Waals surface area contributed by atoms with Crippen molar-refractivity contribution in [1.82, 2.24) is 9.78 Å². The summed E-state index contributed by atoms with van der Waals surface area (Å²) < 4.78 is 1.90. The van der Waals surface area contributed by atoms with Crippen molar-refractivity contribution in [3.05, 3.63) is 17.5 Å². The molecule has 1 heterocycles. The molecule has 0 aromatic carbocycles. The molecule has 0 bridgehead atoms. The lowest BCUT2D eigenvalue weighted by Gasteiger charge is -2.06. The monoisotopic (exact) mass is 168 g/mol. The van der Waals surface area contributed by atoms with Crippen LogP contribution in [0.4, 0.5) is 0 Å². The molecule has 0 aliphatic heterocycles. The van der Waals surface area contributed by atoms with Crippen molar-refractivity contribution in [3.8, 4) is 0 Å². The van der Waals surface area contributed by atoms with Gasteiger partial charge in [-0.2, -0.15) is 5.10 Å². The van der Waals surface area contributed by atoms with E-state index in [0.29, 0.717) is 0 Å². The van der Waals surface area contributed by atoms with Gasteiger partial charge < -0.3 is 5.11 Å². The van der Waals surface area contributed by atoms with E-state index in [1.54, 1.807) is 6.20 Å². The number of nitrogens with zero attached hydrogens (tertiary/aromatic N) is 2. The third kappa shape index (κ3) is 1.50. The Bertz CT molecular complexity index is 255. The summed E-state index contributed by atoms with van der Waals surface area (Å²) in [4.78, 5) is 0. The summed E-state index contributed by atoms with van der Waals surface area (Å²) in [5.41, 5.74) is 2.03. The highest BCUT2D eigenvalue weighted by atomic mass is 16.3. The molecule has 0 fully saturated rings. The van der Waals surface area contributed by atoms with Gasteiger partial charge in [-0.05, 0) is 20.3 Å². The number of hydrogen-bond donors (Lipinski definition) is 1. The summed E-state index contributed by atoms with van der Waals surface area (Å²) >= 11 is 0. The molecule has 0 spiro atoms. The van der Waals surface area contributed by atoms with Gasteiger partial charge in [0.15, 0.2) is 0 Å². The average Bonchev–Trinajstić information content (AvgIpc) is 2.45. The van der Waals surface area contributed by atoms with Crippen molar-refractivity contribution in [1.29, 1.82) is 0 Å². The molecule has 12 heavy (non-hydrogen) atoms. The van der Waals surface area contributed by atoms with Crippen molar-refractivity contribution >= 4 is 0 Å². The zero-order valence-electron chi connectivity index (χ0n) is 7.91. The Morgan fingerprint density at radius 1 is 1.58 bits per heavy atom. The van der Waals surface area contributed by atoms with Gasteiger partial charge in [0.1, 0.15) is 0 Å². The van der Waals surface area contributed by atoms with Crippen molar-refractivity contribution in [2.45, 2.75) is 39.8 Å². The van der Waals surface area contributed by atoms with Gasteiger partial charge in [-0.1, -0.05) is 6.92 Å². The molecule has 0 unspecified atom stereocenters. The van der Waals surface area contributed by atoms with Crippen LogP contribution in [0.15, 0.2) is 6.20 Å². The smallest absolute Gasteiger partial charge is 0.0820 e. The fraction of sp³-hybridized carbons (Fsp3) is 0.667. The zero-order chi connectivity index (χ0) is 9.14. The lowest BCUT2D eigenvalue weighted by atomic mass is 10.1. The van der Waals surface area contributed by atoms with Crippen molar-refractivity contribution in [2.75, 3.05) is 0 Å². The normalized spacial score (nSPS) is 13.3. The molecule has 1 aromatic rings. The van der Waals surface area contributed by atoms with E-state index in [4.69, 9.17) is 0 Å². The molecule has 68 valence electrons. The van der Waals surface area contributed by atoms with Crippen LogP contribution in [0.1, 0.15) is 37.6 Å². The Balaban J connectivity index is 2.93. The van der Waals surface area contributed by atoms with Crippen LogP contribution in [-0.2, 0) is 6.54 Å². The molecule has 0 saturated carbocycles. The van der Waals surface area contributed by atoms with E-state index in [9.17, 15) is 5.11 Å². The van der Waals surface area contributed by atoms with Gasteiger partial charge in [0, 0.05) is 17.8 Å². The van der Waals surface area contributed by atoms with Gasteiger partial charge in [-0.15, -0.1) is 0 Å². The molecule has 1 rings (SSSR count). The summed E-state index contributed by atoms with van der Waals surface area (Å²) in [6.45, 7) is 6.86. The molecule has 0 aliphatic rings. The SMILES string of the molecule is CC[C@@H](O)c1cnn(CC)c1C. The van der Waals surface area contributed by atoms with Crippen molar-refractivity contribution < 1.29 is 5.11 Å². The third-order valence-electron chi connectivity index (χ3n) is 2.19. The molecular weight excluding hydrogens is 152 g/mol. The first-order valence-electron chi connectivity index (χ1n) is 4.41. The van der Waals surface area contributed by atoms with E-state index in [0.717, 1.165) is 24.2 Å². The molecule has 1 atom stereocenters. The summed E-state index contributed by atoms with van der Waals surface area (Å²) in [6, 6.07) is 0. The summed E-state index contributed by atoms with van der Waals surface area (Å²) in [6.07, 6.45) is 2.15. The fourth-order valence-electron chi connectivity index (χ4n) is 1.33. The molecule has 1 N–H and O–H groups in total. The van der Waals surface area contributed by atoms with Gasteiger partial charge in [-0.25, -0.2) is 0 Å². The first kappa shape index (κ1) is 9.26. The highest BCUT2D eigenvalue weighted by Gasteiger charge is 2.11. The molecule has 0 amide bonds. The number of aliphatic hydroxyl groups is 1. The van der Waals surface area contributed by atoms with E-state index in [2.05, 4.69) is 5.10 Å². The standard InChI is InChI=1S/C9H16N2O/c1-4-9(12)8-6-10-11(5-2)7(8)3/h6,9,12H,4-5H2,1-3H3/t9-/m1/s1.